The van der Waals surface area contributed by atoms with Gasteiger partial charge in [-0.05, 0) is 37.0 Å². The van der Waals surface area contributed by atoms with E-state index in [1.807, 2.05) is 0 Å². The maximum atomic E-state index is 11.9. The highest BCUT2D eigenvalue weighted by molar-refractivity contribution is 5.75. The normalized spacial score (nSPS) is 32.9. The van der Waals surface area contributed by atoms with Crippen molar-refractivity contribution in [1.29, 1.82) is 0 Å². The van der Waals surface area contributed by atoms with E-state index in [1.165, 1.54) is 0 Å². The molecule has 0 radical (unpaired) electrons. The van der Waals surface area contributed by atoms with E-state index in [9.17, 15) is 4.79 Å². The second-order valence-electron chi connectivity index (χ2n) is 6.71. The zero-order chi connectivity index (χ0) is 13.9. The van der Waals surface area contributed by atoms with E-state index in [0.29, 0.717) is 25.2 Å². The fraction of sp³-hybridized carbons (Fsp3) is 0.933. The predicted molar refractivity (Wildman–Crippen MR) is 71.9 cm³/mol. The van der Waals surface area contributed by atoms with E-state index in [1.54, 1.807) is 0 Å². The lowest BCUT2D eigenvalue weighted by Crippen LogP contribution is -2.39. The van der Waals surface area contributed by atoms with Crippen LogP contribution in [-0.2, 0) is 19.0 Å². The highest BCUT2D eigenvalue weighted by Gasteiger charge is 2.33. The van der Waals surface area contributed by atoms with Gasteiger partial charge in [-0.2, -0.15) is 0 Å². The van der Waals surface area contributed by atoms with Crippen molar-refractivity contribution in [2.24, 2.45) is 11.3 Å². The average Bonchev–Trinajstić information content (AvgIpc) is 2.39. The molecular weight excluding hydrogens is 244 g/mol. The Labute approximate surface area is 115 Å². The van der Waals surface area contributed by atoms with Crippen LogP contribution in [0.2, 0.25) is 0 Å². The highest BCUT2D eigenvalue weighted by atomic mass is 16.6. The van der Waals surface area contributed by atoms with Crippen LogP contribution in [0, 0.1) is 11.3 Å². The Kier molecular flexibility index (Phi) is 4.85. The third-order valence-electron chi connectivity index (χ3n) is 4.26. The summed E-state index contributed by atoms with van der Waals surface area (Å²) < 4.78 is 16.1. The molecule has 1 heterocycles. The molecule has 0 spiro atoms. The Bertz CT molecular complexity index is 294. The van der Waals surface area contributed by atoms with Crippen LogP contribution in [0.1, 0.15) is 46.5 Å². The van der Waals surface area contributed by atoms with Gasteiger partial charge in [-0.25, -0.2) is 4.79 Å². The van der Waals surface area contributed by atoms with Crippen molar-refractivity contribution in [2.75, 3.05) is 19.8 Å². The molecule has 1 unspecified atom stereocenters. The van der Waals surface area contributed by atoms with Crippen LogP contribution in [-0.4, -0.2) is 38.0 Å². The second kappa shape index (κ2) is 6.23. The van der Waals surface area contributed by atoms with Crippen LogP contribution < -0.4 is 0 Å². The maximum absolute atomic E-state index is 11.9. The topological polar surface area (TPSA) is 44.8 Å². The van der Waals surface area contributed by atoms with Gasteiger partial charge in [-0.15, -0.1) is 0 Å². The smallest absolute Gasteiger partial charge is 0.337 e. The van der Waals surface area contributed by atoms with Crippen molar-refractivity contribution < 1.29 is 19.0 Å². The molecule has 1 aliphatic heterocycles. The first-order chi connectivity index (χ1) is 8.97. The molecule has 110 valence electrons. The summed E-state index contributed by atoms with van der Waals surface area (Å²) in [6.07, 6.45) is 3.78. The molecule has 0 aromatic rings. The summed E-state index contributed by atoms with van der Waals surface area (Å²) in [5.41, 5.74) is 0.356. The molecule has 2 fully saturated rings. The first-order valence-corrected chi connectivity index (χ1v) is 7.36. The summed E-state index contributed by atoms with van der Waals surface area (Å²) in [6, 6.07) is 0. The molecule has 4 nitrogen and oxygen atoms in total. The number of hydrogen-bond acceptors (Lipinski definition) is 4. The second-order valence-corrected chi connectivity index (χ2v) is 6.71. The first-order valence-electron chi connectivity index (χ1n) is 7.36. The van der Waals surface area contributed by atoms with Crippen LogP contribution in [0.3, 0.4) is 0 Å². The molecule has 19 heavy (non-hydrogen) atoms. The standard InChI is InChI=1S/C15H26O4/c1-15(2,3)11-4-6-12(7-5-11)19-14(16)13-10-17-8-9-18-13/h11-13H,4-10H2,1-3H3. The van der Waals surface area contributed by atoms with Crippen LogP contribution in [0.25, 0.3) is 0 Å². The minimum atomic E-state index is -0.519. The van der Waals surface area contributed by atoms with Gasteiger partial charge in [0.15, 0.2) is 6.10 Å². The third-order valence-corrected chi connectivity index (χ3v) is 4.26. The van der Waals surface area contributed by atoms with Crippen LogP contribution >= 0.6 is 0 Å². The van der Waals surface area contributed by atoms with Crippen molar-refractivity contribution in [1.82, 2.24) is 0 Å². The lowest BCUT2D eigenvalue weighted by atomic mass is 9.72. The summed E-state index contributed by atoms with van der Waals surface area (Å²) in [7, 11) is 0. The molecule has 0 N–H and O–H groups in total. The maximum Gasteiger partial charge on any atom is 0.337 e. The van der Waals surface area contributed by atoms with Crippen molar-refractivity contribution >= 4 is 5.97 Å². The molecule has 1 aliphatic carbocycles. The number of carbonyl (C=O) groups is 1. The summed E-state index contributed by atoms with van der Waals surface area (Å²) in [4.78, 5) is 11.9. The molecule has 1 atom stereocenters. The van der Waals surface area contributed by atoms with Crippen LogP contribution in [0.15, 0.2) is 0 Å². The lowest BCUT2D eigenvalue weighted by Gasteiger charge is -2.37. The van der Waals surface area contributed by atoms with Gasteiger partial charge in [0.1, 0.15) is 6.10 Å². The molecule has 1 saturated heterocycles. The molecule has 2 aliphatic rings. The Morgan fingerprint density at radius 1 is 1.11 bits per heavy atom. The quantitative estimate of drug-likeness (QED) is 0.723. The molecule has 0 aromatic carbocycles. The van der Waals surface area contributed by atoms with Gasteiger partial charge in [0.2, 0.25) is 0 Å². The van der Waals surface area contributed by atoms with Gasteiger partial charge in [0.25, 0.3) is 0 Å². The zero-order valence-corrected chi connectivity index (χ0v) is 12.3. The molecule has 0 bridgehead atoms. The van der Waals surface area contributed by atoms with E-state index >= 15 is 0 Å². The van der Waals surface area contributed by atoms with E-state index < -0.39 is 6.10 Å². The number of ether oxygens (including phenoxy) is 3. The molecular formula is C15H26O4. The number of hydrogen-bond donors (Lipinski definition) is 0. The lowest BCUT2D eigenvalue weighted by molar-refractivity contribution is -0.177. The van der Waals surface area contributed by atoms with Crippen LogP contribution in [0.4, 0.5) is 0 Å². The minimum absolute atomic E-state index is 0.0663. The fourth-order valence-electron chi connectivity index (χ4n) is 2.91. The SMILES string of the molecule is CC(C)(C)C1CCC(OC(=O)C2COCCO2)CC1. The monoisotopic (exact) mass is 270 g/mol. The number of rotatable bonds is 2. The summed E-state index contributed by atoms with van der Waals surface area (Å²) >= 11 is 0. The number of carbonyl (C=O) groups excluding carboxylic acids is 1. The summed E-state index contributed by atoms with van der Waals surface area (Å²) in [6.45, 7) is 8.25. The van der Waals surface area contributed by atoms with Gasteiger partial charge < -0.3 is 14.2 Å². The van der Waals surface area contributed by atoms with E-state index in [2.05, 4.69) is 20.8 Å². The molecule has 2 rings (SSSR count). The minimum Gasteiger partial charge on any atom is -0.460 e. The van der Waals surface area contributed by atoms with Gasteiger partial charge >= 0.3 is 5.97 Å². The molecule has 0 amide bonds. The molecule has 0 aromatic heterocycles. The van der Waals surface area contributed by atoms with Crippen molar-refractivity contribution in [3.8, 4) is 0 Å². The van der Waals surface area contributed by atoms with Gasteiger partial charge in [0, 0.05) is 0 Å². The highest BCUT2D eigenvalue weighted by Crippen LogP contribution is 2.38. The summed E-state index contributed by atoms with van der Waals surface area (Å²) in [5, 5.41) is 0. The van der Waals surface area contributed by atoms with Crippen LogP contribution in [0.5, 0.6) is 0 Å². The zero-order valence-electron chi connectivity index (χ0n) is 12.3. The molecule has 4 heteroatoms. The Morgan fingerprint density at radius 2 is 1.79 bits per heavy atom. The largest absolute Gasteiger partial charge is 0.460 e. The van der Waals surface area contributed by atoms with E-state index in [4.69, 9.17) is 14.2 Å². The molecule has 1 saturated carbocycles. The van der Waals surface area contributed by atoms with E-state index in [0.717, 1.165) is 31.6 Å². The Hall–Kier alpha value is -0.610. The number of esters is 1. The van der Waals surface area contributed by atoms with Crippen molar-refractivity contribution in [2.45, 2.75) is 58.7 Å². The summed E-state index contributed by atoms with van der Waals surface area (Å²) in [5.74, 6) is 0.482. The van der Waals surface area contributed by atoms with Gasteiger partial charge in [-0.1, -0.05) is 20.8 Å². The Morgan fingerprint density at radius 3 is 2.32 bits per heavy atom. The van der Waals surface area contributed by atoms with E-state index in [-0.39, 0.29) is 12.1 Å². The third kappa shape index (κ3) is 4.18. The van der Waals surface area contributed by atoms with Gasteiger partial charge in [-0.3, -0.25) is 0 Å². The predicted octanol–water partition coefficient (Wildman–Crippen LogP) is 2.55. The fourth-order valence-corrected chi connectivity index (χ4v) is 2.91. The van der Waals surface area contributed by atoms with Gasteiger partial charge in [0.05, 0.1) is 19.8 Å². The average molecular weight is 270 g/mol. The van der Waals surface area contributed by atoms with Crippen molar-refractivity contribution in [3.63, 3.8) is 0 Å². The Balaban J connectivity index is 1.74. The van der Waals surface area contributed by atoms with Crippen molar-refractivity contribution in [3.05, 3.63) is 0 Å². The first kappa shape index (κ1) is 14.8.